The molecule has 0 saturated carbocycles. The number of hydrogen-bond donors (Lipinski definition) is 4. The lowest BCUT2D eigenvalue weighted by Crippen LogP contribution is -2.37. The standard InChI is InChI=1S/C28H35N9O5/c1-40-21-15-17(25(29)38)13-19-23(21)36(27(31)33-19)6-2-3-7-37-24-20(34-28(37)32)14-18(26(30)39)16-22(24)42-10-4-5-35-8-11-41-12-9-35/h2-3,13-16H,4-12H2,1H3,(H2,29,38)(H2,30,39)(H2,31,33)(H2,32,34)/b3-2+. The number of morpholine rings is 1. The molecule has 14 nitrogen and oxygen atoms in total. The van der Waals surface area contributed by atoms with Gasteiger partial charge in [-0.3, -0.25) is 14.5 Å². The van der Waals surface area contributed by atoms with Crippen molar-refractivity contribution in [3.05, 3.63) is 47.5 Å². The first-order valence-corrected chi connectivity index (χ1v) is 13.6. The molecule has 0 spiro atoms. The number of aromatic nitrogens is 4. The third kappa shape index (κ3) is 5.94. The highest BCUT2D eigenvalue weighted by Gasteiger charge is 2.18. The zero-order chi connectivity index (χ0) is 29.8. The first kappa shape index (κ1) is 28.7. The molecule has 0 bridgehead atoms. The van der Waals surface area contributed by atoms with E-state index < -0.39 is 11.8 Å². The summed E-state index contributed by atoms with van der Waals surface area (Å²) >= 11 is 0. The minimum absolute atomic E-state index is 0.258. The maximum Gasteiger partial charge on any atom is 0.248 e. The molecular formula is C28H35N9O5. The number of imidazole rings is 2. The van der Waals surface area contributed by atoms with E-state index in [9.17, 15) is 9.59 Å². The highest BCUT2D eigenvalue weighted by atomic mass is 16.5. The van der Waals surface area contributed by atoms with Gasteiger partial charge in [0.1, 0.15) is 22.5 Å². The number of fused-ring (bicyclic) bond motifs is 2. The number of methoxy groups -OCH3 is 1. The van der Waals surface area contributed by atoms with Crippen LogP contribution in [0.15, 0.2) is 36.4 Å². The number of carbonyl (C=O) groups is 2. The molecule has 1 saturated heterocycles. The summed E-state index contributed by atoms with van der Waals surface area (Å²) in [4.78, 5) is 34.8. The Labute approximate surface area is 241 Å². The number of primary amides is 2. The molecular weight excluding hydrogens is 542 g/mol. The van der Waals surface area contributed by atoms with Crippen molar-refractivity contribution in [2.75, 3.05) is 58.0 Å². The molecule has 2 aromatic heterocycles. The number of nitrogens with two attached hydrogens (primary N) is 4. The summed E-state index contributed by atoms with van der Waals surface area (Å²) in [5.41, 5.74) is 26.4. The van der Waals surface area contributed by atoms with E-state index in [2.05, 4.69) is 14.9 Å². The molecule has 0 radical (unpaired) electrons. The number of allylic oxidation sites excluding steroid dienone is 2. The van der Waals surface area contributed by atoms with Gasteiger partial charge in [0.2, 0.25) is 23.7 Å². The molecule has 8 N–H and O–H groups in total. The molecule has 1 aliphatic rings. The number of hydrogen-bond acceptors (Lipinski definition) is 10. The van der Waals surface area contributed by atoms with Crippen molar-refractivity contribution < 1.29 is 23.8 Å². The quantitative estimate of drug-likeness (QED) is 0.139. The second kappa shape index (κ2) is 12.4. The highest BCUT2D eigenvalue weighted by molar-refractivity contribution is 5.99. The molecule has 4 aromatic rings. The summed E-state index contributed by atoms with van der Waals surface area (Å²) in [5, 5.41) is 0. The van der Waals surface area contributed by atoms with E-state index in [0.29, 0.717) is 58.8 Å². The van der Waals surface area contributed by atoms with Crippen molar-refractivity contribution in [1.29, 1.82) is 0 Å². The average molecular weight is 578 g/mol. The van der Waals surface area contributed by atoms with Gasteiger partial charge in [0.05, 0.1) is 38.0 Å². The van der Waals surface area contributed by atoms with Crippen LogP contribution in [0, 0.1) is 0 Å². The Kier molecular flexibility index (Phi) is 8.45. The van der Waals surface area contributed by atoms with Crippen LogP contribution in [0.5, 0.6) is 11.5 Å². The third-order valence-corrected chi connectivity index (χ3v) is 7.18. The molecule has 42 heavy (non-hydrogen) atoms. The Balaban J connectivity index is 1.35. The average Bonchev–Trinajstić information content (AvgIpc) is 3.47. The molecule has 1 aliphatic heterocycles. The molecule has 0 unspecified atom stereocenters. The topological polar surface area (TPSA) is 205 Å². The van der Waals surface area contributed by atoms with Crippen molar-refractivity contribution in [3.63, 3.8) is 0 Å². The fourth-order valence-corrected chi connectivity index (χ4v) is 5.07. The third-order valence-electron chi connectivity index (χ3n) is 7.18. The van der Waals surface area contributed by atoms with Crippen molar-refractivity contribution in [2.24, 2.45) is 11.5 Å². The molecule has 2 aromatic carbocycles. The van der Waals surface area contributed by atoms with Gasteiger partial charge in [-0.15, -0.1) is 0 Å². The van der Waals surface area contributed by atoms with Gasteiger partial charge in [-0.25, -0.2) is 9.97 Å². The number of nitrogen functional groups attached to an aromatic ring is 2. The number of carbonyl (C=O) groups excluding carboxylic acids is 2. The lowest BCUT2D eigenvalue weighted by atomic mass is 10.1. The number of ether oxygens (including phenoxy) is 3. The number of amides is 2. The molecule has 5 rings (SSSR count). The van der Waals surface area contributed by atoms with Gasteiger partial charge in [0, 0.05) is 43.9 Å². The first-order valence-electron chi connectivity index (χ1n) is 13.6. The van der Waals surface area contributed by atoms with Gasteiger partial charge in [0.15, 0.2) is 0 Å². The Morgan fingerprint density at radius 2 is 1.40 bits per heavy atom. The lowest BCUT2D eigenvalue weighted by Gasteiger charge is -2.26. The van der Waals surface area contributed by atoms with Gasteiger partial charge in [-0.05, 0) is 30.7 Å². The largest absolute Gasteiger partial charge is 0.494 e. The fourth-order valence-electron chi connectivity index (χ4n) is 5.07. The number of nitrogens with zero attached hydrogens (tertiary/aromatic N) is 5. The summed E-state index contributed by atoms with van der Waals surface area (Å²) in [6.45, 7) is 5.35. The predicted molar refractivity (Wildman–Crippen MR) is 158 cm³/mol. The van der Waals surface area contributed by atoms with E-state index in [4.69, 9.17) is 37.1 Å². The zero-order valence-electron chi connectivity index (χ0n) is 23.4. The second-order valence-corrected chi connectivity index (χ2v) is 9.91. The van der Waals surface area contributed by atoms with Gasteiger partial charge in [0.25, 0.3) is 0 Å². The van der Waals surface area contributed by atoms with E-state index in [1.807, 2.05) is 16.7 Å². The van der Waals surface area contributed by atoms with Crippen molar-refractivity contribution in [2.45, 2.75) is 19.5 Å². The van der Waals surface area contributed by atoms with Crippen LogP contribution in [0.1, 0.15) is 27.1 Å². The van der Waals surface area contributed by atoms with Crippen molar-refractivity contribution in [1.82, 2.24) is 24.0 Å². The SMILES string of the molecule is COc1cc(C(N)=O)cc2nc(N)n(C/C=C/Cn3c(N)nc4cc(C(N)=O)cc(OCCCN5CCOCC5)c43)c12. The minimum Gasteiger partial charge on any atom is -0.494 e. The van der Waals surface area contributed by atoms with Gasteiger partial charge >= 0.3 is 0 Å². The molecule has 0 atom stereocenters. The number of rotatable bonds is 12. The maximum atomic E-state index is 12.0. The van der Waals surface area contributed by atoms with Crippen molar-refractivity contribution in [3.8, 4) is 11.5 Å². The Morgan fingerprint density at radius 3 is 1.93 bits per heavy atom. The molecule has 1 fully saturated rings. The Bertz CT molecular complexity index is 1650. The lowest BCUT2D eigenvalue weighted by molar-refractivity contribution is 0.0358. The van der Waals surface area contributed by atoms with Crippen LogP contribution in [0.4, 0.5) is 11.9 Å². The summed E-state index contributed by atoms with van der Waals surface area (Å²) in [6, 6.07) is 6.39. The van der Waals surface area contributed by atoms with E-state index in [0.717, 1.165) is 39.3 Å². The molecule has 222 valence electrons. The normalized spacial score (nSPS) is 14.2. The van der Waals surface area contributed by atoms with Crippen LogP contribution in [0.2, 0.25) is 0 Å². The van der Waals surface area contributed by atoms with Crippen LogP contribution in [0.3, 0.4) is 0 Å². The maximum absolute atomic E-state index is 12.0. The molecule has 3 heterocycles. The molecule has 2 amide bonds. The zero-order valence-corrected chi connectivity index (χ0v) is 23.4. The Hall–Kier alpha value is -4.82. The first-order chi connectivity index (χ1) is 20.3. The fraction of sp³-hybridized carbons (Fsp3) is 0.357. The summed E-state index contributed by atoms with van der Waals surface area (Å²) in [5.74, 6) is 0.282. The van der Waals surface area contributed by atoms with E-state index in [-0.39, 0.29) is 17.5 Å². The van der Waals surface area contributed by atoms with Gasteiger partial charge < -0.3 is 46.3 Å². The van der Waals surface area contributed by atoms with E-state index >= 15 is 0 Å². The minimum atomic E-state index is -0.586. The van der Waals surface area contributed by atoms with Crippen LogP contribution in [-0.4, -0.2) is 82.4 Å². The summed E-state index contributed by atoms with van der Waals surface area (Å²) in [6.07, 6.45) is 4.62. The number of benzene rings is 2. The smallest absolute Gasteiger partial charge is 0.248 e. The summed E-state index contributed by atoms with van der Waals surface area (Å²) < 4.78 is 20.6. The monoisotopic (exact) mass is 577 g/mol. The van der Waals surface area contributed by atoms with Crippen LogP contribution >= 0.6 is 0 Å². The van der Waals surface area contributed by atoms with E-state index in [1.165, 1.54) is 7.11 Å². The van der Waals surface area contributed by atoms with Crippen molar-refractivity contribution >= 4 is 45.8 Å². The van der Waals surface area contributed by atoms with E-state index in [1.54, 1.807) is 28.8 Å². The summed E-state index contributed by atoms with van der Waals surface area (Å²) in [7, 11) is 1.50. The van der Waals surface area contributed by atoms with Gasteiger partial charge in [-0.2, -0.15) is 0 Å². The van der Waals surface area contributed by atoms with Crippen LogP contribution in [-0.2, 0) is 17.8 Å². The molecule has 14 heteroatoms. The molecule has 0 aliphatic carbocycles. The highest BCUT2D eigenvalue weighted by Crippen LogP contribution is 2.31. The Morgan fingerprint density at radius 1 is 0.881 bits per heavy atom. The second-order valence-electron chi connectivity index (χ2n) is 9.91. The van der Waals surface area contributed by atoms with Gasteiger partial charge in [-0.1, -0.05) is 12.2 Å². The predicted octanol–water partition coefficient (Wildman–Crippen LogP) is 1.11. The number of anilines is 2. The van der Waals surface area contributed by atoms with Crippen LogP contribution < -0.4 is 32.4 Å². The van der Waals surface area contributed by atoms with Crippen LogP contribution in [0.25, 0.3) is 22.1 Å².